The minimum atomic E-state index is -0.129. The first kappa shape index (κ1) is 13.6. The fourth-order valence-corrected chi connectivity index (χ4v) is 3.93. The summed E-state index contributed by atoms with van der Waals surface area (Å²) in [5, 5.41) is 1.04. The summed E-state index contributed by atoms with van der Waals surface area (Å²) < 4.78 is 5.30. The van der Waals surface area contributed by atoms with E-state index in [2.05, 4.69) is 6.07 Å². The van der Waals surface area contributed by atoms with E-state index >= 15 is 0 Å². The smallest absolute Gasteiger partial charge is 0.121 e. The van der Waals surface area contributed by atoms with Crippen molar-refractivity contribution in [1.29, 1.82) is 0 Å². The molecule has 3 rings (SSSR count). The highest BCUT2D eigenvalue weighted by Gasteiger charge is 2.20. The Labute approximate surface area is 123 Å². The summed E-state index contributed by atoms with van der Waals surface area (Å²) in [5.41, 5.74) is 9.89. The second kappa shape index (κ2) is 5.54. The van der Waals surface area contributed by atoms with Gasteiger partial charge >= 0.3 is 0 Å². The molecule has 1 aromatic carbocycles. The lowest BCUT2D eigenvalue weighted by atomic mass is 10.0. The molecule has 0 aliphatic heterocycles. The van der Waals surface area contributed by atoms with Gasteiger partial charge in [0, 0.05) is 4.88 Å². The number of methoxy groups -OCH3 is 1. The van der Waals surface area contributed by atoms with Crippen LogP contribution in [0.3, 0.4) is 0 Å². The van der Waals surface area contributed by atoms with Crippen molar-refractivity contribution >= 4 is 11.3 Å². The largest absolute Gasteiger partial charge is 0.496 e. The Hall–Kier alpha value is -1.39. The number of ether oxygens (including phenoxy) is 1. The molecule has 0 amide bonds. The van der Waals surface area contributed by atoms with Crippen LogP contribution in [0.25, 0.3) is 0 Å². The van der Waals surface area contributed by atoms with Gasteiger partial charge in [0.1, 0.15) is 10.8 Å². The number of hydrogen-bond donors (Lipinski definition) is 1. The summed E-state index contributed by atoms with van der Waals surface area (Å²) in [6.07, 6.45) is 4.82. The van der Waals surface area contributed by atoms with E-state index in [4.69, 9.17) is 15.5 Å². The molecule has 0 bridgehead atoms. The summed E-state index contributed by atoms with van der Waals surface area (Å²) in [4.78, 5) is 6.20. The molecular formula is C16H20N2OS. The van der Waals surface area contributed by atoms with Crippen LogP contribution in [0, 0.1) is 6.92 Å². The zero-order valence-corrected chi connectivity index (χ0v) is 12.8. The molecule has 0 radical (unpaired) electrons. The highest BCUT2D eigenvalue weighted by atomic mass is 32.1. The van der Waals surface area contributed by atoms with Crippen molar-refractivity contribution in [3.63, 3.8) is 0 Å². The summed E-state index contributed by atoms with van der Waals surface area (Å²) in [7, 11) is 1.69. The molecule has 1 heterocycles. The number of aromatic nitrogens is 1. The number of nitrogens with zero attached hydrogens (tertiary/aromatic N) is 1. The van der Waals surface area contributed by atoms with E-state index in [0.717, 1.165) is 28.3 Å². The predicted molar refractivity (Wildman–Crippen MR) is 82.5 cm³/mol. The van der Waals surface area contributed by atoms with Gasteiger partial charge in [-0.05, 0) is 49.8 Å². The van der Waals surface area contributed by atoms with Gasteiger partial charge in [0.15, 0.2) is 0 Å². The molecule has 106 valence electrons. The SMILES string of the molecule is COc1ccc(C(N)c2nc3c(s2)CCCC3)cc1C. The molecule has 4 heteroatoms. The molecular weight excluding hydrogens is 268 g/mol. The molecule has 1 aliphatic carbocycles. The molecule has 3 nitrogen and oxygen atoms in total. The zero-order valence-electron chi connectivity index (χ0n) is 12.0. The number of benzene rings is 1. The standard InChI is InChI=1S/C16H20N2OS/c1-10-9-11(7-8-13(10)19-2)15(17)16-18-12-5-3-4-6-14(12)20-16/h7-9,15H,3-6,17H2,1-2H3. The third-order valence-corrected chi connectivity index (χ3v) is 5.15. The first-order valence-electron chi connectivity index (χ1n) is 7.07. The van der Waals surface area contributed by atoms with Crippen molar-refractivity contribution in [3.05, 3.63) is 44.9 Å². The maximum absolute atomic E-state index is 6.40. The van der Waals surface area contributed by atoms with Gasteiger partial charge in [-0.25, -0.2) is 4.98 Å². The molecule has 0 fully saturated rings. The minimum Gasteiger partial charge on any atom is -0.496 e. The lowest BCUT2D eigenvalue weighted by Crippen LogP contribution is -2.12. The Morgan fingerprint density at radius 1 is 1.30 bits per heavy atom. The van der Waals surface area contributed by atoms with Crippen molar-refractivity contribution < 1.29 is 4.74 Å². The topological polar surface area (TPSA) is 48.1 Å². The number of nitrogens with two attached hydrogens (primary N) is 1. The van der Waals surface area contributed by atoms with Crippen LogP contribution in [-0.4, -0.2) is 12.1 Å². The lowest BCUT2D eigenvalue weighted by molar-refractivity contribution is 0.411. The Bertz CT molecular complexity index is 597. The number of fused-ring (bicyclic) bond motifs is 1. The monoisotopic (exact) mass is 288 g/mol. The van der Waals surface area contributed by atoms with Crippen LogP contribution < -0.4 is 10.5 Å². The highest BCUT2D eigenvalue weighted by molar-refractivity contribution is 7.11. The van der Waals surface area contributed by atoms with Crippen LogP contribution in [0.2, 0.25) is 0 Å². The van der Waals surface area contributed by atoms with Crippen molar-refractivity contribution in [1.82, 2.24) is 4.98 Å². The fraction of sp³-hybridized carbons (Fsp3) is 0.438. The van der Waals surface area contributed by atoms with E-state index in [9.17, 15) is 0 Å². The van der Waals surface area contributed by atoms with Gasteiger partial charge in [-0.1, -0.05) is 12.1 Å². The maximum atomic E-state index is 6.40. The Kier molecular flexibility index (Phi) is 3.76. The third-order valence-electron chi connectivity index (χ3n) is 3.91. The van der Waals surface area contributed by atoms with Crippen LogP contribution in [-0.2, 0) is 12.8 Å². The van der Waals surface area contributed by atoms with Crippen molar-refractivity contribution in [3.8, 4) is 5.75 Å². The Balaban J connectivity index is 1.90. The van der Waals surface area contributed by atoms with Gasteiger partial charge in [0.25, 0.3) is 0 Å². The fourth-order valence-electron chi connectivity index (χ4n) is 2.74. The summed E-state index contributed by atoms with van der Waals surface area (Å²) in [6, 6.07) is 5.99. The van der Waals surface area contributed by atoms with Gasteiger partial charge < -0.3 is 10.5 Å². The van der Waals surface area contributed by atoms with Gasteiger partial charge in [0.2, 0.25) is 0 Å². The second-order valence-electron chi connectivity index (χ2n) is 5.34. The van der Waals surface area contributed by atoms with E-state index in [1.54, 1.807) is 18.4 Å². The van der Waals surface area contributed by atoms with E-state index in [1.165, 1.54) is 29.8 Å². The van der Waals surface area contributed by atoms with Gasteiger partial charge in [-0.3, -0.25) is 0 Å². The normalized spacial score (nSPS) is 15.8. The van der Waals surface area contributed by atoms with Crippen LogP contribution in [0.4, 0.5) is 0 Å². The van der Waals surface area contributed by atoms with Crippen LogP contribution >= 0.6 is 11.3 Å². The van der Waals surface area contributed by atoms with Gasteiger partial charge in [0.05, 0.1) is 18.8 Å². The van der Waals surface area contributed by atoms with Crippen LogP contribution in [0.5, 0.6) is 5.75 Å². The van der Waals surface area contributed by atoms with Crippen LogP contribution in [0.1, 0.15) is 45.6 Å². The van der Waals surface area contributed by atoms with Gasteiger partial charge in [-0.2, -0.15) is 0 Å². The first-order chi connectivity index (χ1) is 9.69. The number of thiazole rings is 1. The molecule has 1 aliphatic rings. The molecule has 0 saturated heterocycles. The zero-order chi connectivity index (χ0) is 14.1. The average molecular weight is 288 g/mol. The number of hydrogen-bond acceptors (Lipinski definition) is 4. The molecule has 1 atom stereocenters. The maximum Gasteiger partial charge on any atom is 0.121 e. The quantitative estimate of drug-likeness (QED) is 0.942. The molecule has 20 heavy (non-hydrogen) atoms. The molecule has 0 spiro atoms. The summed E-state index contributed by atoms with van der Waals surface area (Å²) in [6.45, 7) is 2.04. The number of aryl methyl sites for hydroxylation is 3. The van der Waals surface area contributed by atoms with E-state index in [0.29, 0.717) is 0 Å². The lowest BCUT2D eigenvalue weighted by Gasteiger charge is -2.12. The molecule has 0 saturated carbocycles. The van der Waals surface area contributed by atoms with Crippen LogP contribution in [0.15, 0.2) is 18.2 Å². The number of rotatable bonds is 3. The predicted octanol–water partition coefficient (Wildman–Crippen LogP) is 3.39. The second-order valence-corrected chi connectivity index (χ2v) is 6.45. The van der Waals surface area contributed by atoms with Crippen molar-refractivity contribution in [2.24, 2.45) is 5.73 Å². The molecule has 1 unspecified atom stereocenters. The van der Waals surface area contributed by atoms with E-state index in [1.807, 2.05) is 19.1 Å². The first-order valence-corrected chi connectivity index (χ1v) is 7.89. The summed E-state index contributed by atoms with van der Waals surface area (Å²) in [5.74, 6) is 0.902. The minimum absolute atomic E-state index is 0.129. The van der Waals surface area contributed by atoms with E-state index < -0.39 is 0 Å². The van der Waals surface area contributed by atoms with Crippen molar-refractivity contribution in [2.75, 3.05) is 7.11 Å². The molecule has 1 aromatic heterocycles. The Morgan fingerprint density at radius 2 is 2.10 bits per heavy atom. The third kappa shape index (κ3) is 2.45. The molecule has 2 N–H and O–H groups in total. The molecule has 2 aromatic rings. The van der Waals surface area contributed by atoms with Crippen molar-refractivity contribution in [2.45, 2.75) is 38.6 Å². The summed E-state index contributed by atoms with van der Waals surface area (Å²) >= 11 is 1.79. The van der Waals surface area contributed by atoms with E-state index in [-0.39, 0.29) is 6.04 Å². The van der Waals surface area contributed by atoms with Gasteiger partial charge in [-0.15, -0.1) is 11.3 Å². The highest BCUT2D eigenvalue weighted by Crippen LogP contribution is 2.32. The average Bonchev–Trinajstić information content (AvgIpc) is 2.90. The Morgan fingerprint density at radius 3 is 2.80 bits per heavy atom.